The van der Waals surface area contributed by atoms with Crippen molar-refractivity contribution >= 4 is 60.2 Å². The minimum Gasteiger partial charge on any atom is -0.310 e. The first kappa shape index (κ1) is 23.5. The maximum Gasteiger partial charge on any atom is 0.0468 e. The van der Waals surface area contributed by atoms with E-state index in [0.29, 0.717) is 0 Å². The summed E-state index contributed by atoms with van der Waals surface area (Å²) in [6.07, 6.45) is 0. The van der Waals surface area contributed by atoms with Crippen LogP contribution in [0.15, 0.2) is 164 Å². The van der Waals surface area contributed by atoms with Crippen molar-refractivity contribution in [3.05, 3.63) is 164 Å². The number of fused-ring (bicyclic) bond motifs is 6. The van der Waals surface area contributed by atoms with E-state index in [0.717, 1.165) is 17.1 Å². The summed E-state index contributed by atoms with van der Waals surface area (Å²) in [4.78, 5) is 2.32. The van der Waals surface area contributed by atoms with Crippen LogP contribution in [0.25, 0.3) is 54.2 Å². The number of hydrogen-bond donors (Lipinski definition) is 0. The zero-order valence-electron chi connectivity index (χ0n) is 22.5. The Bertz CT molecular complexity index is 2160. The Kier molecular flexibility index (Phi) is 5.53. The van der Waals surface area contributed by atoms with Crippen molar-refractivity contribution in [2.75, 3.05) is 4.90 Å². The first-order valence-corrected chi connectivity index (χ1v) is 14.1. The molecule has 0 aliphatic carbocycles. The van der Waals surface area contributed by atoms with Crippen LogP contribution in [-0.4, -0.2) is 0 Å². The van der Waals surface area contributed by atoms with E-state index < -0.39 is 0 Å². The molecule has 8 aromatic carbocycles. The Hall–Kier alpha value is -5.40. The van der Waals surface area contributed by atoms with E-state index in [1.165, 1.54) is 54.2 Å². The van der Waals surface area contributed by atoms with E-state index in [4.69, 9.17) is 0 Å². The van der Waals surface area contributed by atoms with Gasteiger partial charge in [-0.15, -0.1) is 0 Å². The predicted molar refractivity (Wildman–Crippen MR) is 177 cm³/mol. The molecular weight excluding hydrogens is 494 g/mol. The summed E-state index contributed by atoms with van der Waals surface area (Å²) in [5.41, 5.74) is 5.96. The molecule has 0 N–H and O–H groups in total. The van der Waals surface area contributed by atoms with Gasteiger partial charge in [-0.1, -0.05) is 115 Å². The van der Waals surface area contributed by atoms with Crippen LogP contribution in [0.4, 0.5) is 17.1 Å². The quantitative estimate of drug-likeness (QED) is 0.208. The highest BCUT2D eigenvalue weighted by molar-refractivity contribution is 6.15. The third-order valence-electron chi connectivity index (χ3n) is 8.19. The van der Waals surface area contributed by atoms with Gasteiger partial charge in [0, 0.05) is 17.1 Å². The average molecular weight is 522 g/mol. The van der Waals surface area contributed by atoms with Crippen LogP contribution >= 0.6 is 0 Å². The lowest BCUT2D eigenvalue weighted by Gasteiger charge is -2.25. The minimum atomic E-state index is 1.14. The van der Waals surface area contributed by atoms with E-state index in [-0.39, 0.29) is 0 Å². The van der Waals surface area contributed by atoms with Crippen LogP contribution < -0.4 is 4.90 Å². The average Bonchev–Trinajstić information content (AvgIpc) is 3.05. The molecular formula is C40H27N. The summed E-state index contributed by atoms with van der Waals surface area (Å²) in [5, 5.41) is 10.2. The first-order valence-electron chi connectivity index (χ1n) is 14.1. The predicted octanol–water partition coefficient (Wildman–Crippen LogP) is 11.4. The van der Waals surface area contributed by atoms with Crippen LogP contribution in [0.5, 0.6) is 0 Å². The molecule has 0 aromatic heterocycles. The van der Waals surface area contributed by atoms with Gasteiger partial charge >= 0.3 is 0 Å². The van der Waals surface area contributed by atoms with Gasteiger partial charge < -0.3 is 4.90 Å². The van der Waals surface area contributed by atoms with Gasteiger partial charge in [0.15, 0.2) is 0 Å². The summed E-state index contributed by atoms with van der Waals surface area (Å²) in [5.74, 6) is 0. The smallest absolute Gasteiger partial charge is 0.0468 e. The summed E-state index contributed by atoms with van der Waals surface area (Å²) >= 11 is 0. The van der Waals surface area contributed by atoms with Gasteiger partial charge in [0.25, 0.3) is 0 Å². The molecule has 0 atom stereocenters. The van der Waals surface area contributed by atoms with Gasteiger partial charge in [0.1, 0.15) is 0 Å². The maximum absolute atomic E-state index is 2.35. The molecule has 0 spiro atoms. The summed E-state index contributed by atoms with van der Waals surface area (Å²) < 4.78 is 0. The molecule has 0 aliphatic rings. The summed E-state index contributed by atoms with van der Waals surface area (Å²) in [7, 11) is 0. The fourth-order valence-corrected chi connectivity index (χ4v) is 6.26. The van der Waals surface area contributed by atoms with Crippen molar-refractivity contribution in [2.24, 2.45) is 0 Å². The zero-order valence-corrected chi connectivity index (χ0v) is 22.5. The SMILES string of the molecule is c1ccc(N(c2ccccc2)c2ccc3c(ccc4cc(-c5cc6ccccc6c6ccccc56)ccc43)c2)cc1. The van der Waals surface area contributed by atoms with Crippen molar-refractivity contribution in [2.45, 2.75) is 0 Å². The van der Waals surface area contributed by atoms with E-state index in [2.05, 4.69) is 169 Å². The highest BCUT2D eigenvalue weighted by Gasteiger charge is 2.14. The van der Waals surface area contributed by atoms with Gasteiger partial charge in [-0.3, -0.25) is 0 Å². The summed E-state index contributed by atoms with van der Waals surface area (Å²) in [6, 6.07) is 59.2. The number of para-hydroxylation sites is 2. The van der Waals surface area contributed by atoms with E-state index in [9.17, 15) is 0 Å². The molecule has 0 unspecified atom stereocenters. The molecule has 1 heteroatoms. The molecule has 192 valence electrons. The lowest BCUT2D eigenvalue weighted by Crippen LogP contribution is -2.09. The van der Waals surface area contributed by atoms with E-state index in [1.807, 2.05) is 0 Å². The molecule has 0 saturated carbocycles. The summed E-state index contributed by atoms with van der Waals surface area (Å²) in [6.45, 7) is 0. The van der Waals surface area contributed by atoms with Gasteiger partial charge in [-0.2, -0.15) is 0 Å². The maximum atomic E-state index is 2.35. The fraction of sp³-hybridized carbons (Fsp3) is 0. The number of anilines is 3. The van der Waals surface area contributed by atoms with Crippen molar-refractivity contribution in [1.29, 1.82) is 0 Å². The molecule has 0 radical (unpaired) electrons. The monoisotopic (exact) mass is 521 g/mol. The largest absolute Gasteiger partial charge is 0.310 e. The second-order valence-corrected chi connectivity index (χ2v) is 10.6. The number of benzene rings is 8. The molecule has 41 heavy (non-hydrogen) atoms. The Morgan fingerprint density at radius 1 is 0.293 bits per heavy atom. The topological polar surface area (TPSA) is 3.24 Å². The van der Waals surface area contributed by atoms with Crippen molar-refractivity contribution in [3.63, 3.8) is 0 Å². The number of nitrogens with zero attached hydrogens (tertiary/aromatic N) is 1. The van der Waals surface area contributed by atoms with Crippen LogP contribution in [0.1, 0.15) is 0 Å². The normalized spacial score (nSPS) is 11.4. The lowest BCUT2D eigenvalue weighted by atomic mass is 9.91. The second kappa shape index (κ2) is 9.66. The Labute approximate surface area is 239 Å². The lowest BCUT2D eigenvalue weighted by molar-refractivity contribution is 1.29. The van der Waals surface area contributed by atoms with Gasteiger partial charge in [0.2, 0.25) is 0 Å². The molecule has 8 rings (SSSR count). The number of rotatable bonds is 4. The zero-order chi connectivity index (χ0) is 27.2. The van der Waals surface area contributed by atoms with Crippen LogP contribution in [0.2, 0.25) is 0 Å². The highest BCUT2D eigenvalue weighted by atomic mass is 15.1. The molecule has 0 amide bonds. The van der Waals surface area contributed by atoms with Crippen LogP contribution in [0, 0.1) is 0 Å². The minimum absolute atomic E-state index is 1.14. The fourth-order valence-electron chi connectivity index (χ4n) is 6.26. The molecule has 0 saturated heterocycles. The van der Waals surface area contributed by atoms with Gasteiger partial charge in [-0.05, 0) is 103 Å². The van der Waals surface area contributed by atoms with Gasteiger partial charge in [0.05, 0.1) is 0 Å². The molecule has 1 nitrogen and oxygen atoms in total. The van der Waals surface area contributed by atoms with Crippen molar-refractivity contribution in [1.82, 2.24) is 0 Å². The Morgan fingerprint density at radius 2 is 0.805 bits per heavy atom. The molecule has 0 heterocycles. The highest BCUT2D eigenvalue weighted by Crippen LogP contribution is 2.39. The van der Waals surface area contributed by atoms with Crippen molar-refractivity contribution in [3.8, 4) is 11.1 Å². The third kappa shape index (κ3) is 4.02. The standard InChI is InChI=1S/C40H27N/c1-3-12-32(13-4-1)41(33-14-5-2-6-15-33)34-22-24-37-31(26-34)20-19-29-25-30(21-23-36(29)37)40-27-28-11-7-8-16-35(28)38-17-9-10-18-39(38)40/h1-27H. The first-order chi connectivity index (χ1) is 20.3. The second-order valence-electron chi connectivity index (χ2n) is 10.6. The Morgan fingerprint density at radius 3 is 1.51 bits per heavy atom. The van der Waals surface area contributed by atoms with Crippen LogP contribution in [0.3, 0.4) is 0 Å². The molecule has 0 fully saturated rings. The molecule has 0 aliphatic heterocycles. The Balaban J connectivity index is 1.27. The van der Waals surface area contributed by atoms with E-state index in [1.54, 1.807) is 0 Å². The van der Waals surface area contributed by atoms with E-state index >= 15 is 0 Å². The van der Waals surface area contributed by atoms with Crippen molar-refractivity contribution < 1.29 is 0 Å². The third-order valence-corrected chi connectivity index (χ3v) is 8.19. The molecule has 0 bridgehead atoms. The van der Waals surface area contributed by atoms with Crippen LogP contribution in [-0.2, 0) is 0 Å². The molecule has 8 aromatic rings. The van der Waals surface area contributed by atoms with Gasteiger partial charge in [-0.25, -0.2) is 0 Å². The number of hydrogen-bond acceptors (Lipinski definition) is 1.